The van der Waals surface area contributed by atoms with Crippen molar-refractivity contribution in [3.63, 3.8) is 0 Å². The number of nitrogens with zero attached hydrogens (tertiary/aromatic N) is 1. The van der Waals surface area contributed by atoms with Gasteiger partial charge < -0.3 is 0 Å². The standard InChI is InChI=1S/C21H11F4NO2S/c22-13-3-1-12(2-4-13)21-16-9-14(23)5-8-19(16)26-11-20(21)29(27,28)15-6-7-17(24)18(25)10-15/h1-11H. The summed E-state index contributed by atoms with van der Waals surface area (Å²) in [4.78, 5) is 3.24. The predicted octanol–water partition coefficient (Wildman–Crippen LogP) is 5.29. The lowest BCUT2D eigenvalue weighted by Crippen LogP contribution is -2.06. The minimum atomic E-state index is -4.36. The maximum Gasteiger partial charge on any atom is 0.208 e. The quantitative estimate of drug-likeness (QED) is 0.336. The molecule has 146 valence electrons. The summed E-state index contributed by atoms with van der Waals surface area (Å²) in [5, 5.41) is 0.181. The summed E-state index contributed by atoms with van der Waals surface area (Å²) >= 11 is 0. The molecule has 0 unspecified atom stereocenters. The zero-order chi connectivity index (χ0) is 20.8. The van der Waals surface area contributed by atoms with Crippen LogP contribution in [-0.2, 0) is 9.84 Å². The lowest BCUT2D eigenvalue weighted by Gasteiger charge is -2.14. The molecule has 0 fully saturated rings. The summed E-state index contributed by atoms with van der Waals surface area (Å²) in [5.41, 5.74) is 0.694. The number of halogens is 4. The van der Waals surface area contributed by atoms with Gasteiger partial charge in [-0.15, -0.1) is 0 Å². The fourth-order valence-corrected chi connectivity index (χ4v) is 4.48. The molecule has 0 bridgehead atoms. The van der Waals surface area contributed by atoms with Gasteiger partial charge in [0, 0.05) is 17.1 Å². The van der Waals surface area contributed by atoms with E-state index in [1.54, 1.807) is 0 Å². The van der Waals surface area contributed by atoms with Crippen molar-refractivity contribution in [2.24, 2.45) is 0 Å². The fourth-order valence-electron chi connectivity index (χ4n) is 3.04. The van der Waals surface area contributed by atoms with Gasteiger partial charge in [0.15, 0.2) is 11.6 Å². The normalized spacial score (nSPS) is 11.7. The van der Waals surface area contributed by atoms with Gasteiger partial charge in [0.1, 0.15) is 11.6 Å². The van der Waals surface area contributed by atoms with Crippen LogP contribution in [0.25, 0.3) is 22.0 Å². The topological polar surface area (TPSA) is 47.0 Å². The third-order valence-corrected chi connectivity index (χ3v) is 6.18. The third kappa shape index (κ3) is 3.36. The summed E-state index contributed by atoms with van der Waals surface area (Å²) in [6, 6.07) is 10.8. The average Bonchev–Trinajstić information content (AvgIpc) is 2.69. The molecule has 0 N–H and O–H groups in total. The maximum atomic E-state index is 13.9. The molecule has 1 heterocycles. The molecule has 0 spiro atoms. The van der Waals surface area contributed by atoms with Gasteiger partial charge in [0.2, 0.25) is 9.84 Å². The van der Waals surface area contributed by atoms with Crippen molar-refractivity contribution < 1.29 is 26.0 Å². The Morgan fingerprint density at radius 1 is 0.724 bits per heavy atom. The van der Waals surface area contributed by atoms with E-state index in [0.29, 0.717) is 23.2 Å². The Balaban J connectivity index is 2.07. The SMILES string of the molecule is O=S(=O)(c1ccc(F)c(F)c1)c1cnc2ccc(F)cc2c1-c1ccc(F)cc1. The minimum absolute atomic E-state index is 0.0826. The number of fused-ring (bicyclic) bond motifs is 1. The van der Waals surface area contributed by atoms with Crippen molar-refractivity contribution in [2.45, 2.75) is 9.79 Å². The van der Waals surface area contributed by atoms with Crippen molar-refractivity contribution >= 4 is 20.7 Å². The van der Waals surface area contributed by atoms with Gasteiger partial charge in [-0.1, -0.05) is 12.1 Å². The van der Waals surface area contributed by atoms with Crippen LogP contribution in [0.1, 0.15) is 0 Å². The number of hydrogen-bond donors (Lipinski definition) is 0. The van der Waals surface area contributed by atoms with Crippen LogP contribution in [0.4, 0.5) is 17.6 Å². The van der Waals surface area contributed by atoms with E-state index >= 15 is 0 Å². The second-order valence-electron chi connectivity index (χ2n) is 6.25. The highest BCUT2D eigenvalue weighted by Crippen LogP contribution is 2.37. The third-order valence-electron chi connectivity index (χ3n) is 4.42. The van der Waals surface area contributed by atoms with Gasteiger partial charge in [0.05, 0.1) is 15.3 Å². The van der Waals surface area contributed by atoms with Gasteiger partial charge in [-0.05, 0) is 54.1 Å². The van der Waals surface area contributed by atoms with E-state index in [9.17, 15) is 26.0 Å². The highest BCUT2D eigenvalue weighted by atomic mass is 32.2. The van der Waals surface area contributed by atoms with Gasteiger partial charge >= 0.3 is 0 Å². The van der Waals surface area contributed by atoms with Crippen LogP contribution in [0.3, 0.4) is 0 Å². The van der Waals surface area contributed by atoms with Crippen molar-refractivity contribution in [3.05, 3.63) is 90.1 Å². The molecule has 0 radical (unpaired) electrons. The largest absolute Gasteiger partial charge is 0.255 e. The van der Waals surface area contributed by atoms with Crippen LogP contribution >= 0.6 is 0 Å². The molecule has 3 nitrogen and oxygen atoms in total. The first kappa shape index (κ1) is 19.1. The van der Waals surface area contributed by atoms with Gasteiger partial charge in [-0.3, -0.25) is 4.98 Å². The van der Waals surface area contributed by atoms with Crippen LogP contribution in [0.5, 0.6) is 0 Å². The Bertz CT molecular complexity index is 1350. The van der Waals surface area contributed by atoms with Crippen LogP contribution < -0.4 is 0 Å². The van der Waals surface area contributed by atoms with E-state index < -0.39 is 38.0 Å². The molecule has 3 aromatic carbocycles. The number of aromatic nitrogens is 1. The first-order valence-corrected chi connectivity index (χ1v) is 9.80. The van der Waals surface area contributed by atoms with Crippen molar-refractivity contribution in [1.82, 2.24) is 4.98 Å². The lowest BCUT2D eigenvalue weighted by atomic mass is 10.0. The molecule has 8 heteroatoms. The monoisotopic (exact) mass is 417 g/mol. The van der Waals surface area contributed by atoms with Crippen molar-refractivity contribution in [3.8, 4) is 11.1 Å². The Hall–Kier alpha value is -3.26. The molecular weight excluding hydrogens is 406 g/mol. The van der Waals surface area contributed by atoms with E-state index in [4.69, 9.17) is 0 Å². The zero-order valence-corrected chi connectivity index (χ0v) is 15.4. The van der Waals surface area contributed by atoms with Crippen LogP contribution in [0.2, 0.25) is 0 Å². The molecule has 4 rings (SSSR count). The van der Waals surface area contributed by atoms with E-state index in [0.717, 1.165) is 30.5 Å². The van der Waals surface area contributed by atoms with E-state index in [1.165, 1.54) is 24.3 Å². The van der Waals surface area contributed by atoms with Gasteiger partial charge in [-0.25, -0.2) is 26.0 Å². The molecule has 0 saturated heterocycles. The highest BCUT2D eigenvalue weighted by Gasteiger charge is 2.26. The second kappa shape index (κ2) is 6.97. The zero-order valence-electron chi connectivity index (χ0n) is 14.5. The van der Waals surface area contributed by atoms with E-state index in [2.05, 4.69) is 4.98 Å². The summed E-state index contributed by atoms with van der Waals surface area (Å²) < 4.78 is 80.6. The number of pyridine rings is 1. The van der Waals surface area contributed by atoms with Gasteiger partial charge in [0.25, 0.3) is 0 Å². The number of rotatable bonds is 3. The lowest BCUT2D eigenvalue weighted by molar-refractivity contribution is 0.504. The van der Waals surface area contributed by atoms with Crippen LogP contribution in [0, 0.1) is 23.3 Å². The first-order valence-electron chi connectivity index (χ1n) is 8.32. The number of benzene rings is 3. The molecule has 0 atom stereocenters. The van der Waals surface area contributed by atoms with Crippen molar-refractivity contribution in [2.75, 3.05) is 0 Å². The Labute approximate surface area is 163 Å². The van der Waals surface area contributed by atoms with E-state index in [-0.39, 0.29) is 15.8 Å². The number of sulfone groups is 1. The highest BCUT2D eigenvalue weighted by molar-refractivity contribution is 7.91. The molecule has 0 aliphatic heterocycles. The number of hydrogen-bond acceptors (Lipinski definition) is 3. The molecular formula is C21H11F4NO2S. The Morgan fingerprint density at radius 2 is 1.41 bits per heavy atom. The molecule has 29 heavy (non-hydrogen) atoms. The summed E-state index contributed by atoms with van der Waals surface area (Å²) in [6.45, 7) is 0. The summed E-state index contributed by atoms with van der Waals surface area (Å²) in [7, 11) is -4.36. The molecule has 4 aromatic rings. The van der Waals surface area contributed by atoms with Gasteiger partial charge in [-0.2, -0.15) is 0 Å². The predicted molar refractivity (Wildman–Crippen MR) is 98.9 cm³/mol. The molecule has 0 amide bonds. The molecule has 0 saturated carbocycles. The molecule has 1 aromatic heterocycles. The maximum absolute atomic E-state index is 13.9. The fraction of sp³-hybridized carbons (Fsp3) is 0. The summed E-state index contributed by atoms with van der Waals surface area (Å²) in [5.74, 6) is -3.68. The smallest absolute Gasteiger partial charge is 0.208 e. The van der Waals surface area contributed by atoms with Crippen molar-refractivity contribution in [1.29, 1.82) is 0 Å². The van der Waals surface area contributed by atoms with E-state index in [1.807, 2.05) is 0 Å². The second-order valence-corrected chi connectivity index (χ2v) is 8.16. The minimum Gasteiger partial charge on any atom is -0.255 e. The Morgan fingerprint density at radius 3 is 2.10 bits per heavy atom. The summed E-state index contributed by atoms with van der Waals surface area (Å²) in [6.07, 6.45) is 1.07. The first-order chi connectivity index (χ1) is 13.8. The molecule has 0 aliphatic carbocycles. The Kier molecular flexibility index (Phi) is 4.58. The molecule has 0 aliphatic rings. The van der Waals surface area contributed by atoms with Crippen LogP contribution in [-0.4, -0.2) is 13.4 Å². The average molecular weight is 417 g/mol. The van der Waals surface area contributed by atoms with Crippen LogP contribution in [0.15, 0.2) is 76.7 Å².